The van der Waals surface area contributed by atoms with Crippen LogP contribution in [0, 0.1) is 23.7 Å². The number of hydrogen-bond donors (Lipinski definition) is 1. The standard InChI is InChI=1S/C17H20N2O/c1-19-12-14(8-5-9-20)16-10-15(11-18-17(16)19)13-6-3-2-4-7-13/h2-4,6-7,11,14-17,20H,9-10,12H2,1H3. The Labute approximate surface area is 120 Å². The SMILES string of the molecule is CN1CC(C#CCO)C2CC(c3ccccc3)C=NC21. The van der Waals surface area contributed by atoms with E-state index in [1.54, 1.807) is 0 Å². The van der Waals surface area contributed by atoms with Crippen LogP contribution in [-0.4, -0.2) is 42.6 Å². The smallest absolute Gasteiger partial charge is 0.105 e. The van der Waals surface area contributed by atoms with Crippen molar-refractivity contribution in [2.75, 3.05) is 20.2 Å². The van der Waals surface area contributed by atoms with Crippen molar-refractivity contribution in [2.45, 2.75) is 18.5 Å². The van der Waals surface area contributed by atoms with Crippen LogP contribution in [0.3, 0.4) is 0 Å². The maximum atomic E-state index is 8.90. The van der Waals surface area contributed by atoms with E-state index in [2.05, 4.69) is 54.3 Å². The molecular weight excluding hydrogens is 248 g/mol. The van der Waals surface area contributed by atoms with Gasteiger partial charge in [-0.2, -0.15) is 0 Å². The summed E-state index contributed by atoms with van der Waals surface area (Å²) in [5, 5.41) is 8.90. The van der Waals surface area contributed by atoms with Crippen LogP contribution in [0.4, 0.5) is 0 Å². The molecule has 0 spiro atoms. The van der Waals surface area contributed by atoms with Gasteiger partial charge in [0.1, 0.15) is 12.8 Å². The summed E-state index contributed by atoms with van der Waals surface area (Å²) in [7, 11) is 2.11. The first kappa shape index (κ1) is 13.4. The highest BCUT2D eigenvalue weighted by atomic mass is 16.2. The van der Waals surface area contributed by atoms with Crippen molar-refractivity contribution in [3.8, 4) is 11.8 Å². The molecule has 0 aromatic heterocycles. The van der Waals surface area contributed by atoms with E-state index < -0.39 is 0 Å². The van der Waals surface area contributed by atoms with Crippen molar-refractivity contribution >= 4 is 6.21 Å². The minimum absolute atomic E-state index is 0.0526. The van der Waals surface area contributed by atoms with Gasteiger partial charge in [-0.3, -0.25) is 9.89 Å². The lowest BCUT2D eigenvalue weighted by Gasteiger charge is -2.29. The lowest BCUT2D eigenvalue weighted by atomic mass is 9.81. The summed E-state index contributed by atoms with van der Waals surface area (Å²) in [6.07, 6.45) is 3.45. The minimum atomic E-state index is -0.0526. The lowest BCUT2D eigenvalue weighted by Crippen LogP contribution is -2.32. The van der Waals surface area contributed by atoms with Crippen molar-refractivity contribution in [2.24, 2.45) is 16.8 Å². The number of fused-ring (bicyclic) bond motifs is 1. The second-order valence-electron chi connectivity index (χ2n) is 5.65. The number of aliphatic hydroxyl groups excluding tert-OH is 1. The monoisotopic (exact) mass is 268 g/mol. The molecule has 2 aliphatic rings. The molecule has 20 heavy (non-hydrogen) atoms. The predicted octanol–water partition coefficient (Wildman–Crippen LogP) is 1.74. The molecule has 0 saturated carbocycles. The molecule has 1 N–H and O–H groups in total. The normalized spacial score (nSPS) is 32.5. The number of aliphatic hydroxyl groups is 1. The van der Waals surface area contributed by atoms with E-state index in [1.807, 2.05) is 6.07 Å². The molecule has 4 atom stereocenters. The largest absolute Gasteiger partial charge is 0.384 e. The fourth-order valence-corrected chi connectivity index (χ4v) is 3.40. The van der Waals surface area contributed by atoms with E-state index in [0.29, 0.717) is 17.8 Å². The van der Waals surface area contributed by atoms with Crippen LogP contribution in [0.15, 0.2) is 35.3 Å². The van der Waals surface area contributed by atoms with Crippen molar-refractivity contribution < 1.29 is 5.11 Å². The molecule has 0 amide bonds. The molecule has 0 bridgehead atoms. The maximum absolute atomic E-state index is 8.90. The van der Waals surface area contributed by atoms with Gasteiger partial charge in [0, 0.05) is 30.5 Å². The molecule has 1 aromatic carbocycles. The average molecular weight is 268 g/mol. The number of nitrogens with zero attached hydrogens (tertiary/aromatic N) is 2. The van der Waals surface area contributed by atoms with Gasteiger partial charge in [-0.25, -0.2) is 0 Å². The van der Waals surface area contributed by atoms with Crippen LogP contribution in [0.5, 0.6) is 0 Å². The van der Waals surface area contributed by atoms with Crippen LogP contribution in [0.2, 0.25) is 0 Å². The van der Waals surface area contributed by atoms with Crippen molar-refractivity contribution in [1.29, 1.82) is 0 Å². The van der Waals surface area contributed by atoms with Gasteiger partial charge in [0.25, 0.3) is 0 Å². The maximum Gasteiger partial charge on any atom is 0.105 e. The van der Waals surface area contributed by atoms with Gasteiger partial charge in [-0.05, 0) is 19.0 Å². The Morgan fingerprint density at radius 1 is 1.35 bits per heavy atom. The summed E-state index contributed by atoms with van der Waals surface area (Å²) in [4.78, 5) is 7.04. The van der Waals surface area contributed by atoms with E-state index >= 15 is 0 Å². The van der Waals surface area contributed by atoms with Crippen LogP contribution >= 0.6 is 0 Å². The molecule has 1 fully saturated rings. The topological polar surface area (TPSA) is 35.8 Å². The van der Waals surface area contributed by atoms with E-state index in [0.717, 1.165) is 13.0 Å². The molecular formula is C17H20N2O. The summed E-state index contributed by atoms with van der Waals surface area (Å²) >= 11 is 0. The summed E-state index contributed by atoms with van der Waals surface area (Å²) in [6, 6.07) is 10.6. The highest BCUT2D eigenvalue weighted by Gasteiger charge is 2.42. The zero-order valence-corrected chi connectivity index (χ0v) is 11.7. The zero-order valence-electron chi connectivity index (χ0n) is 11.7. The molecule has 2 aliphatic heterocycles. The number of benzene rings is 1. The Hall–Kier alpha value is -1.63. The van der Waals surface area contributed by atoms with Gasteiger partial charge in [0.15, 0.2) is 0 Å². The summed E-state index contributed by atoms with van der Waals surface area (Å²) < 4.78 is 0. The summed E-state index contributed by atoms with van der Waals surface area (Å²) in [5.74, 6) is 7.22. The van der Waals surface area contributed by atoms with Crippen molar-refractivity contribution in [1.82, 2.24) is 4.90 Å². The summed E-state index contributed by atoms with van der Waals surface area (Å²) in [6.45, 7) is 0.893. The Balaban J connectivity index is 1.82. The van der Waals surface area contributed by atoms with Crippen LogP contribution in [0.1, 0.15) is 17.9 Å². The fraction of sp³-hybridized carbons (Fsp3) is 0.471. The van der Waals surface area contributed by atoms with Crippen molar-refractivity contribution in [3.63, 3.8) is 0 Å². The Bertz CT molecular complexity index is 543. The van der Waals surface area contributed by atoms with Crippen LogP contribution in [-0.2, 0) is 0 Å². The summed E-state index contributed by atoms with van der Waals surface area (Å²) in [5.41, 5.74) is 1.33. The van der Waals surface area contributed by atoms with E-state index in [1.165, 1.54) is 5.56 Å². The Morgan fingerprint density at radius 3 is 2.90 bits per heavy atom. The number of hydrogen-bond acceptors (Lipinski definition) is 3. The molecule has 104 valence electrons. The third-order valence-corrected chi connectivity index (χ3v) is 4.38. The molecule has 3 rings (SSSR count). The zero-order chi connectivity index (χ0) is 13.9. The van der Waals surface area contributed by atoms with Gasteiger partial charge in [-0.1, -0.05) is 42.2 Å². The second kappa shape index (κ2) is 5.78. The Morgan fingerprint density at radius 2 is 2.15 bits per heavy atom. The molecule has 1 saturated heterocycles. The first-order valence-corrected chi connectivity index (χ1v) is 7.17. The van der Waals surface area contributed by atoms with E-state index in [4.69, 9.17) is 10.1 Å². The third kappa shape index (κ3) is 2.49. The highest BCUT2D eigenvalue weighted by molar-refractivity contribution is 5.69. The number of rotatable bonds is 1. The Kier molecular flexibility index (Phi) is 3.86. The van der Waals surface area contributed by atoms with E-state index in [9.17, 15) is 0 Å². The molecule has 0 aliphatic carbocycles. The van der Waals surface area contributed by atoms with Gasteiger partial charge < -0.3 is 5.11 Å². The second-order valence-corrected chi connectivity index (χ2v) is 5.65. The van der Waals surface area contributed by atoms with Gasteiger partial charge in [0.05, 0.1) is 0 Å². The van der Waals surface area contributed by atoms with Gasteiger partial charge in [-0.15, -0.1) is 0 Å². The molecule has 4 unspecified atom stereocenters. The highest BCUT2D eigenvalue weighted by Crippen LogP contribution is 2.39. The molecule has 2 heterocycles. The lowest BCUT2D eigenvalue weighted by molar-refractivity contribution is 0.261. The number of aliphatic imine (C=N–C) groups is 1. The van der Waals surface area contributed by atoms with Gasteiger partial charge in [0.2, 0.25) is 0 Å². The molecule has 3 heteroatoms. The molecule has 0 radical (unpaired) electrons. The van der Waals surface area contributed by atoms with Crippen molar-refractivity contribution in [3.05, 3.63) is 35.9 Å². The minimum Gasteiger partial charge on any atom is -0.384 e. The van der Waals surface area contributed by atoms with Crippen LogP contribution in [0.25, 0.3) is 0 Å². The van der Waals surface area contributed by atoms with E-state index in [-0.39, 0.29) is 12.8 Å². The first-order chi connectivity index (χ1) is 9.79. The fourth-order valence-electron chi connectivity index (χ4n) is 3.40. The third-order valence-electron chi connectivity index (χ3n) is 4.38. The quantitative estimate of drug-likeness (QED) is 0.788. The number of likely N-dealkylation sites (tertiary alicyclic amines) is 1. The van der Waals surface area contributed by atoms with Gasteiger partial charge >= 0.3 is 0 Å². The first-order valence-electron chi connectivity index (χ1n) is 7.17. The predicted molar refractivity (Wildman–Crippen MR) is 80.6 cm³/mol. The molecule has 3 nitrogen and oxygen atoms in total. The molecule has 1 aromatic rings. The average Bonchev–Trinajstić information content (AvgIpc) is 2.82. The van der Waals surface area contributed by atoms with Crippen LogP contribution < -0.4 is 0 Å².